The van der Waals surface area contributed by atoms with Crippen LogP contribution in [-0.4, -0.2) is 19.1 Å². The third kappa shape index (κ3) is 4.06. The van der Waals surface area contributed by atoms with Gasteiger partial charge in [0.25, 0.3) is 0 Å². The lowest BCUT2D eigenvalue weighted by Crippen LogP contribution is -2.18. The van der Waals surface area contributed by atoms with Crippen LogP contribution in [-0.2, 0) is 19.6 Å². The van der Waals surface area contributed by atoms with Crippen molar-refractivity contribution in [2.75, 3.05) is 14.2 Å². The maximum absolute atomic E-state index is 5.68. The second kappa shape index (κ2) is 7.25. The lowest BCUT2D eigenvalue weighted by molar-refractivity contribution is 0.309. The van der Waals surface area contributed by atoms with Crippen LogP contribution in [0.4, 0.5) is 0 Å². The van der Waals surface area contributed by atoms with E-state index < -0.39 is 0 Å². The third-order valence-electron chi connectivity index (χ3n) is 3.72. The second-order valence-corrected chi connectivity index (χ2v) is 5.45. The topological polar surface area (TPSA) is 38.5 Å². The van der Waals surface area contributed by atoms with E-state index in [1.165, 1.54) is 22.3 Å². The van der Waals surface area contributed by atoms with Gasteiger partial charge in [-0.1, -0.05) is 36.4 Å². The van der Waals surface area contributed by atoms with Crippen LogP contribution in [0.1, 0.15) is 22.3 Å². The van der Waals surface area contributed by atoms with Crippen molar-refractivity contribution >= 4 is 0 Å². The second-order valence-electron chi connectivity index (χ2n) is 5.45. The Morgan fingerprint density at radius 3 is 2.43 bits per heavy atom. The zero-order valence-electron chi connectivity index (χ0n) is 13.1. The van der Waals surface area contributed by atoms with Crippen molar-refractivity contribution in [1.82, 2.24) is 4.90 Å². The van der Waals surface area contributed by atoms with Gasteiger partial charge in [0.2, 0.25) is 0 Å². The van der Waals surface area contributed by atoms with Crippen LogP contribution >= 0.6 is 0 Å². The van der Waals surface area contributed by atoms with E-state index >= 15 is 0 Å². The Morgan fingerprint density at radius 1 is 1.05 bits per heavy atom. The van der Waals surface area contributed by atoms with Gasteiger partial charge in [0.05, 0.1) is 7.11 Å². The molecule has 0 radical (unpaired) electrons. The summed E-state index contributed by atoms with van der Waals surface area (Å²) in [7, 11) is 3.84. The smallest absolute Gasteiger partial charge is 0.123 e. The van der Waals surface area contributed by atoms with Crippen molar-refractivity contribution in [3.05, 3.63) is 64.7 Å². The van der Waals surface area contributed by atoms with Crippen molar-refractivity contribution in [3.63, 3.8) is 0 Å². The predicted molar refractivity (Wildman–Crippen MR) is 87.2 cm³/mol. The quantitative estimate of drug-likeness (QED) is 0.886. The molecule has 2 N–H and O–H groups in total. The van der Waals surface area contributed by atoms with Crippen molar-refractivity contribution in [2.24, 2.45) is 5.73 Å². The minimum Gasteiger partial charge on any atom is -0.496 e. The van der Waals surface area contributed by atoms with Crippen LogP contribution in [0, 0.1) is 6.92 Å². The van der Waals surface area contributed by atoms with E-state index in [0.717, 1.165) is 18.8 Å². The molecule has 0 unspecified atom stereocenters. The van der Waals surface area contributed by atoms with Gasteiger partial charge in [-0.05, 0) is 36.7 Å². The van der Waals surface area contributed by atoms with Gasteiger partial charge in [-0.15, -0.1) is 0 Å². The monoisotopic (exact) mass is 284 g/mol. The first-order valence-corrected chi connectivity index (χ1v) is 7.23. The van der Waals surface area contributed by atoms with Gasteiger partial charge in [0.15, 0.2) is 0 Å². The highest BCUT2D eigenvalue weighted by Gasteiger charge is 2.08. The van der Waals surface area contributed by atoms with Gasteiger partial charge in [0, 0.05) is 25.2 Å². The average molecular weight is 284 g/mol. The van der Waals surface area contributed by atoms with Gasteiger partial charge < -0.3 is 10.5 Å². The van der Waals surface area contributed by atoms with Gasteiger partial charge in [-0.25, -0.2) is 0 Å². The van der Waals surface area contributed by atoms with Crippen LogP contribution in [0.5, 0.6) is 5.75 Å². The van der Waals surface area contributed by atoms with Crippen LogP contribution in [0.3, 0.4) is 0 Å². The highest BCUT2D eigenvalue weighted by molar-refractivity contribution is 5.34. The lowest BCUT2D eigenvalue weighted by atomic mass is 10.0. The molecule has 2 rings (SSSR count). The molecule has 112 valence electrons. The molecule has 3 heteroatoms. The summed E-state index contributed by atoms with van der Waals surface area (Å²) in [6.07, 6.45) is 0. The molecular weight excluding hydrogens is 260 g/mol. The van der Waals surface area contributed by atoms with E-state index in [1.54, 1.807) is 7.11 Å². The number of aryl methyl sites for hydroxylation is 1. The molecule has 2 aromatic carbocycles. The molecule has 0 bridgehead atoms. The molecule has 0 amide bonds. The molecule has 21 heavy (non-hydrogen) atoms. The highest BCUT2D eigenvalue weighted by atomic mass is 16.5. The molecule has 0 spiro atoms. The Labute approximate surface area is 127 Å². The largest absolute Gasteiger partial charge is 0.496 e. The average Bonchev–Trinajstić information content (AvgIpc) is 2.49. The molecule has 0 atom stereocenters. The summed E-state index contributed by atoms with van der Waals surface area (Å²) in [5.74, 6) is 0.944. The van der Waals surface area contributed by atoms with E-state index in [9.17, 15) is 0 Å². The fraction of sp³-hybridized carbons (Fsp3) is 0.333. The lowest BCUT2D eigenvalue weighted by Gasteiger charge is -2.20. The Hall–Kier alpha value is -1.84. The molecule has 0 heterocycles. The van der Waals surface area contributed by atoms with Gasteiger partial charge in [-0.3, -0.25) is 4.90 Å². The Morgan fingerprint density at radius 2 is 1.76 bits per heavy atom. The minimum absolute atomic E-state index is 0.595. The normalized spacial score (nSPS) is 10.9. The summed E-state index contributed by atoms with van der Waals surface area (Å²) in [6, 6.07) is 14.6. The zero-order chi connectivity index (χ0) is 15.2. The zero-order valence-corrected chi connectivity index (χ0v) is 13.1. The Bertz CT molecular complexity index is 596. The maximum atomic E-state index is 5.68. The van der Waals surface area contributed by atoms with Crippen LogP contribution in [0.15, 0.2) is 42.5 Å². The van der Waals surface area contributed by atoms with Gasteiger partial charge in [-0.2, -0.15) is 0 Å². The summed E-state index contributed by atoms with van der Waals surface area (Å²) in [6.45, 7) is 4.51. The molecule has 2 aromatic rings. The molecule has 0 aliphatic heterocycles. The number of rotatable bonds is 6. The van der Waals surface area contributed by atoms with E-state index in [1.807, 2.05) is 18.2 Å². The third-order valence-corrected chi connectivity index (χ3v) is 3.72. The number of hydrogen-bond donors (Lipinski definition) is 1. The van der Waals surface area contributed by atoms with Crippen molar-refractivity contribution in [1.29, 1.82) is 0 Å². The predicted octanol–water partition coefficient (Wildman–Crippen LogP) is 3.09. The van der Waals surface area contributed by atoms with E-state index in [2.05, 4.69) is 43.1 Å². The molecule has 0 aliphatic rings. The van der Waals surface area contributed by atoms with Gasteiger partial charge >= 0.3 is 0 Å². The minimum atomic E-state index is 0.595. The number of nitrogens with zero attached hydrogens (tertiary/aromatic N) is 1. The molecule has 3 nitrogen and oxygen atoms in total. The van der Waals surface area contributed by atoms with Crippen molar-refractivity contribution < 1.29 is 4.74 Å². The summed E-state index contributed by atoms with van der Waals surface area (Å²) in [5, 5.41) is 0. The summed E-state index contributed by atoms with van der Waals surface area (Å²) < 4.78 is 5.41. The number of methoxy groups -OCH3 is 1. The fourth-order valence-electron chi connectivity index (χ4n) is 2.53. The van der Waals surface area contributed by atoms with E-state index in [-0.39, 0.29) is 0 Å². The Kier molecular flexibility index (Phi) is 5.37. The maximum Gasteiger partial charge on any atom is 0.123 e. The number of para-hydroxylation sites is 1. The number of nitrogens with two attached hydrogens (primary N) is 1. The van der Waals surface area contributed by atoms with Crippen LogP contribution in [0.2, 0.25) is 0 Å². The van der Waals surface area contributed by atoms with Crippen LogP contribution in [0.25, 0.3) is 0 Å². The van der Waals surface area contributed by atoms with Crippen molar-refractivity contribution in [2.45, 2.75) is 26.6 Å². The first kappa shape index (κ1) is 15.5. The molecule has 0 saturated heterocycles. The van der Waals surface area contributed by atoms with E-state index in [4.69, 9.17) is 10.5 Å². The molecule has 0 saturated carbocycles. The number of benzene rings is 2. The Balaban J connectivity index is 2.06. The highest BCUT2D eigenvalue weighted by Crippen LogP contribution is 2.20. The SMILES string of the molecule is COc1ccccc1CN(C)Cc1ccc(CN)cc1C. The molecule has 0 fully saturated rings. The summed E-state index contributed by atoms with van der Waals surface area (Å²) >= 11 is 0. The van der Waals surface area contributed by atoms with Crippen LogP contribution < -0.4 is 10.5 Å². The van der Waals surface area contributed by atoms with E-state index in [0.29, 0.717) is 6.54 Å². The van der Waals surface area contributed by atoms with Crippen molar-refractivity contribution in [3.8, 4) is 5.75 Å². The first-order valence-electron chi connectivity index (χ1n) is 7.23. The standard InChI is InChI=1S/C18H24N2O/c1-14-10-15(11-19)8-9-16(14)12-20(2)13-17-6-4-5-7-18(17)21-3/h4-10H,11-13,19H2,1-3H3. The number of ether oxygens (including phenoxy) is 1. The van der Waals surface area contributed by atoms with Gasteiger partial charge in [0.1, 0.15) is 5.75 Å². The number of hydrogen-bond acceptors (Lipinski definition) is 3. The fourth-order valence-corrected chi connectivity index (χ4v) is 2.53. The molecule has 0 aliphatic carbocycles. The molecule has 0 aromatic heterocycles. The summed E-state index contributed by atoms with van der Waals surface area (Å²) in [5.41, 5.74) is 10.7. The molecular formula is C18H24N2O. The first-order chi connectivity index (χ1) is 10.1. The summed E-state index contributed by atoms with van der Waals surface area (Å²) in [4.78, 5) is 2.29.